The Hall–Kier alpha value is -3.40. The van der Waals surface area contributed by atoms with E-state index in [1.807, 2.05) is 18.2 Å². The number of anilines is 1. The Morgan fingerprint density at radius 3 is 2.46 bits per heavy atom. The quantitative estimate of drug-likeness (QED) is 0.224. The van der Waals surface area contributed by atoms with Crippen LogP contribution in [0.2, 0.25) is 10.0 Å². The molecule has 1 N–H and O–H groups in total. The normalized spacial score (nSPS) is 21.9. The minimum atomic E-state index is -0.960. The minimum absolute atomic E-state index is 0.0638. The van der Waals surface area contributed by atoms with Gasteiger partial charge in [0.05, 0.1) is 28.3 Å². The lowest BCUT2D eigenvalue weighted by Gasteiger charge is -2.37. The highest BCUT2D eigenvalue weighted by Gasteiger charge is 2.44. The van der Waals surface area contributed by atoms with Crippen LogP contribution >= 0.6 is 23.2 Å². The molecule has 3 fully saturated rings. The van der Waals surface area contributed by atoms with Gasteiger partial charge in [-0.3, -0.25) is 0 Å². The van der Waals surface area contributed by atoms with Crippen molar-refractivity contribution in [1.29, 1.82) is 0 Å². The second-order valence-electron chi connectivity index (χ2n) is 11.2. The zero-order valence-corrected chi connectivity index (χ0v) is 23.9. The van der Waals surface area contributed by atoms with E-state index in [-0.39, 0.29) is 23.8 Å². The Morgan fingerprint density at radius 2 is 1.80 bits per heavy atom. The highest BCUT2D eigenvalue weighted by atomic mass is 35.5. The zero-order chi connectivity index (χ0) is 28.2. The van der Waals surface area contributed by atoms with E-state index in [1.165, 1.54) is 0 Å². The third-order valence-electron chi connectivity index (χ3n) is 8.46. The van der Waals surface area contributed by atoms with Gasteiger partial charge in [0.15, 0.2) is 0 Å². The summed E-state index contributed by atoms with van der Waals surface area (Å²) < 4.78 is 18.5. The third kappa shape index (κ3) is 4.90. The molecule has 2 aliphatic heterocycles. The molecule has 2 aromatic carbocycles. The molecule has 212 valence electrons. The lowest BCUT2D eigenvalue weighted by molar-refractivity contribution is 0.0139. The van der Waals surface area contributed by atoms with Gasteiger partial charge in [-0.15, -0.1) is 5.10 Å². The average molecular weight is 595 g/mol. The Bertz CT molecular complexity index is 1600. The van der Waals surface area contributed by atoms with Crippen LogP contribution in [0, 0.1) is 6.92 Å². The van der Waals surface area contributed by atoms with Gasteiger partial charge in [0.2, 0.25) is 5.89 Å². The molecule has 0 radical (unpaired) electrons. The molecule has 41 heavy (non-hydrogen) atoms. The van der Waals surface area contributed by atoms with Crippen molar-refractivity contribution >= 4 is 35.2 Å². The van der Waals surface area contributed by atoms with Gasteiger partial charge in [-0.25, -0.2) is 4.79 Å². The fourth-order valence-electron chi connectivity index (χ4n) is 6.30. The number of benzene rings is 2. The molecule has 1 aliphatic carbocycles. The van der Waals surface area contributed by atoms with Crippen molar-refractivity contribution in [1.82, 2.24) is 15.4 Å². The molecule has 0 spiro atoms. The first-order valence-corrected chi connectivity index (χ1v) is 14.6. The van der Waals surface area contributed by atoms with Crippen LogP contribution in [-0.2, 0) is 11.3 Å². The third-order valence-corrected chi connectivity index (χ3v) is 9.09. The minimum Gasteiger partial charge on any atom is -0.478 e. The van der Waals surface area contributed by atoms with E-state index in [1.54, 1.807) is 25.1 Å². The van der Waals surface area contributed by atoms with Gasteiger partial charge in [-0.1, -0.05) is 39.5 Å². The number of hydrogen-bond donors (Lipinski definition) is 1. The van der Waals surface area contributed by atoms with Crippen molar-refractivity contribution < 1.29 is 23.6 Å². The first-order valence-electron chi connectivity index (χ1n) is 13.9. The van der Waals surface area contributed by atoms with Gasteiger partial charge in [-0.05, 0) is 81.3 Å². The number of carboxylic acids is 1. The number of carbonyl (C=O) groups is 1. The molecule has 7 rings (SSSR count). The Labute approximate surface area is 246 Å². The molecule has 4 aromatic rings. The van der Waals surface area contributed by atoms with E-state index in [9.17, 15) is 9.90 Å². The summed E-state index contributed by atoms with van der Waals surface area (Å²) in [5, 5.41) is 23.4. The van der Waals surface area contributed by atoms with E-state index in [2.05, 4.69) is 20.3 Å². The molecule has 11 heteroatoms. The maximum atomic E-state index is 11.4. The first kappa shape index (κ1) is 26.5. The van der Waals surface area contributed by atoms with E-state index in [0.717, 1.165) is 49.8 Å². The lowest BCUT2D eigenvalue weighted by atomic mass is 10.00. The summed E-state index contributed by atoms with van der Waals surface area (Å²) in [6.07, 6.45) is 5.95. The van der Waals surface area contributed by atoms with Crippen molar-refractivity contribution in [2.75, 3.05) is 4.90 Å². The van der Waals surface area contributed by atoms with Crippen LogP contribution in [0.3, 0.4) is 0 Å². The van der Waals surface area contributed by atoms with Crippen molar-refractivity contribution in [3.05, 3.63) is 68.9 Å². The molecule has 2 bridgehead atoms. The van der Waals surface area contributed by atoms with Gasteiger partial charge in [0.25, 0.3) is 0 Å². The van der Waals surface area contributed by atoms with Gasteiger partial charge in [-0.2, -0.15) is 0 Å². The van der Waals surface area contributed by atoms with Crippen LogP contribution in [0.15, 0.2) is 45.3 Å². The van der Waals surface area contributed by atoms with Crippen molar-refractivity contribution in [2.24, 2.45) is 0 Å². The maximum absolute atomic E-state index is 11.4. The summed E-state index contributed by atoms with van der Waals surface area (Å²) in [5.74, 6) is 0.661. The monoisotopic (exact) mass is 594 g/mol. The largest absolute Gasteiger partial charge is 0.478 e. The van der Waals surface area contributed by atoms with Crippen LogP contribution in [0.5, 0.6) is 0 Å². The summed E-state index contributed by atoms with van der Waals surface area (Å²) in [4.78, 5) is 13.6. The molecule has 3 aliphatic rings. The summed E-state index contributed by atoms with van der Waals surface area (Å²) in [7, 11) is 0. The number of ether oxygens (including phenoxy) is 1. The fourth-order valence-corrected chi connectivity index (χ4v) is 6.87. The second-order valence-corrected chi connectivity index (χ2v) is 12.0. The van der Waals surface area contributed by atoms with Crippen LogP contribution in [-0.4, -0.2) is 44.6 Å². The van der Waals surface area contributed by atoms with Crippen molar-refractivity contribution in [2.45, 2.75) is 76.2 Å². The molecule has 4 heterocycles. The maximum Gasteiger partial charge on any atom is 0.335 e. The molecule has 9 nitrogen and oxygen atoms in total. The smallest absolute Gasteiger partial charge is 0.335 e. The summed E-state index contributed by atoms with van der Waals surface area (Å²) in [6, 6.07) is 11.4. The van der Waals surface area contributed by atoms with Crippen LogP contribution in [0.1, 0.15) is 71.7 Å². The number of nitrogens with zero attached hydrogens (tertiary/aromatic N) is 4. The summed E-state index contributed by atoms with van der Waals surface area (Å²) in [5.41, 5.74) is 3.87. The molecule has 2 saturated heterocycles. The number of fused-ring (bicyclic) bond motifs is 2. The number of halogens is 2. The number of aromatic carboxylic acids is 1. The first-order chi connectivity index (χ1) is 19.9. The van der Waals surface area contributed by atoms with E-state index in [0.29, 0.717) is 56.9 Å². The Kier molecular flexibility index (Phi) is 6.76. The molecule has 3 atom stereocenters. The summed E-state index contributed by atoms with van der Waals surface area (Å²) in [6.45, 7) is 2.14. The predicted octanol–water partition coefficient (Wildman–Crippen LogP) is 7.30. The number of hydrogen-bond acceptors (Lipinski definition) is 8. The van der Waals surface area contributed by atoms with E-state index < -0.39 is 5.97 Å². The van der Waals surface area contributed by atoms with Crippen molar-refractivity contribution in [3.8, 4) is 22.7 Å². The van der Waals surface area contributed by atoms with E-state index in [4.69, 9.17) is 36.9 Å². The molecule has 2 aromatic heterocycles. The number of rotatable bonds is 8. The van der Waals surface area contributed by atoms with Crippen LogP contribution in [0.25, 0.3) is 22.7 Å². The molecular weight excluding hydrogens is 567 g/mol. The lowest BCUT2D eigenvalue weighted by Crippen LogP contribution is -2.45. The van der Waals surface area contributed by atoms with Crippen LogP contribution in [0.4, 0.5) is 6.01 Å². The highest BCUT2D eigenvalue weighted by Crippen LogP contribution is 2.47. The summed E-state index contributed by atoms with van der Waals surface area (Å²) >= 11 is 13.0. The SMILES string of the molecule is Cc1cc(-c2nnc(N3[C@@H]4CC[C@H]3CC(OCc3c(-c5c(Cl)cccc5Cl)noc3C3CC3)C4)o2)ccc1C(=O)O. The zero-order valence-electron chi connectivity index (χ0n) is 22.3. The van der Waals surface area contributed by atoms with Crippen LogP contribution < -0.4 is 4.90 Å². The fraction of sp³-hybridized carbons (Fsp3) is 0.400. The van der Waals surface area contributed by atoms with Crippen molar-refractivity contribution in [3.63, 3.8) is 0 Å². The molecule has 1 saturated carbocycles. The molecular formula is C30H28Cl2N4O5. The Morgan fingerprint density at radius 1 is 1.07 bits per heavy atom. The average Bonchev–Trinajstić information content (AvgIpc) is 3.41. The number of carboxylic acid groups (broad SMARTS) is 1. The van der Waals surface area contributed by atoms with Gasteiger partial charge in [0, 0.05) is 34.7 Å². The highest BCUT2D eigenvalue weighted by molar-refractivity contribution is 6.39. The topological polar surface area (TPSA) is 115 Å². The van der Waals surface area contributed by atoms with Gasteiger partial charge < -0.3 is 23.7 Å². The van der Waals surface area contributed by atoms with E-state index >= 15 is 0 Å². The van der Waals surface area contributed by atoms with Gasteiger partial charge in [0.1, 0.15) is 11.5 Å². The molecule has 0 amide bonds. The number of aryl methyl sites for hydroxylation is 1. The second kappa shape index (κ2) is 10.5. The standard InChI is InChI=1S/C30H28Cl2N4O5/c1-15-11-17(7-10-21(15)29(37)38)28-33-34-30(40-28)36-18-8-9-19(36)13-20(12-18)39-14-22-26(35-41-27(22)16-5-6-16)25-23(31)3-2-4-24(25)32/h2-4,7,10-11,16,18-20H,5-6,8-9,12-14H2,1H3,(H,37,38)/t18-,19+,20?. The number of piperidine rings is 1. The Balaban J connectivity index is 1.07. The molecule has 1 unspecified atom stereocenters. The number of aromatic nitrogens is 3. The van der Waals surface area contributed by atoms with Gasteiger partial charge >= 0.3 is 12.0 Å². The predicted molar refractivity (Wildman–Crippen MR) is 152 cm³/mol.